The zero-order valence-corrected chi connectivity index (χ0v) is 15.8. The first kappa shape index (κ1) is 18.5. The van der Waals surface area contributed by atoms with Crippen LogP contribution in [0.4, 0.5) is 14.5 Å². The van der Waals surface area contributed by atoms with Gasteiger partial charge in [-0.15, -0.1) is 0 Å². The Bertz CT molecular complexity index is 860. The number of aromatic hydroxyl groups is 1. The number of hydrogen-bond donors (Lipinski definition) is 2. The van der Waals surface area contributed by atoms with Crippen molar-refractivity contribution in [1.29, 1.82) is 0 Å². The molecule has 0 bridgehead atoms. The van der Waals surface area contributed by atoms with E-state index in [1.165, 1.54) is 18.2 Å². The van der Waals surface area contributed by atoms with Gasteiger partial charge >= 0.3 is 0 Å². The van der Waals surface area contributed by atoms with E-state index in [0.717, 1.165) is 37.8 Å². The zero-order valence-electron chi connectivity index (χ0n) is 15.8. The van der Waals surface area contributed by atoms with Gasteiger partial charge in [-0.2, -0.15) is 0 Å². The SMILES string of the molecule is CN=C(NC1CC1c1c(F)cccc1F)N1CCN(c2ccccc2O)CC1. The summed E-state index contributed by atoms with van der Waals surface area (Å²) in [6.45, 7) is 3.02. The lowest BCUT2D eigenvalue weighted by Gasteiger charge is -2.38. The number of rotatable bonds is 3. The molecular formula is C21H24F2N4O. The third-order valence-electron chi connectivity index (χ3n) is 5.49. The molecule has 148 valence electrons. The fourth-order valence-corrected chi connectivity index (χ4v) is 3.89. The van der Waals surface area contributed by atoms with Crippen molar-refractivity contribution in [3.63, 3.8) is 0 Å². The molecule has 0 aromatic heterocycles. The Morgan fingerprint density at radius 1 is 1.04 bits per heavy atom. The minimum absolute atomic E-state index is 0.0127. The van der Waals surface area contributed by atoms with Gasteiger partial charge in [0.2, 0.25) is 0 Å². The van der Waals surface area contributed by atoms with E-state index < -0.39 is 11.6 Å². The van der Waals surface area contributed by atoms with Gasteiger partial charge in [-0.05, 0) is 30.7 Å². The highest BCUT2D eigenvalue weighted by Gasteiger charge is 2.43. The lowest BCUT2D eigenvalue weighted by atomic mass is 10.1. The molecule has 1 aliphatic carbocycles. The molecule has 0 amide bonds. The molecule has 2 aliphatic rings. The third-order valence-corrected chi connectivity index (χ3v) is 5.49. The van der Waals surface area contributed by atoms with Crippen LogP contribution in [0.1, 0.15) is 17.9 Å². The van der Waals surface area contributed by atoms with Crippen LogP contribution in [-0.4, -0.2) is 55.2 Å². The Morgan fingerprint density at radius 2 is 1.71 bits per heavy atom. The largest absolute Gasteiger partial charge is 0.506 e. The Balaban J connectivity index is 1.36. The molecule has 2 aromatic carbocycles. The molecule has 2 aromatic rings. The van der Waals surface area contributed by atoms with E-state index in [1.807, 2.05) is 18.2 Å². The van der Waals surface area contributed by atoms with Crippen LogP contribution in [0, 0.1) is 11.6 Å². The quantitative estimate of drug-likeness (QED) is 0.629. The van der Waals surface area contributed by atoms with Crippen LogP contribution in [0.3, 0.4) is 0 Å². The number of para-hydroxylation sites is 2. The predicted molar refractivity (Wildman–Crippen MR) is 106 cm³/mol. The summed E-state index contributed by atoms with van der Waals surface area (Å²) in [6.07, 6.45) is 0.689. The molecule has 28 heavy (non-hydrogen) atoms. The zero-order chi connectivity index (χ0) is 19.7. The molecule has 1 saturated carbocycles. The maximum Gasteiger partial charge on any atom is 0.194 e. The van der Waals surface area contributed by atoms with Gasteiger partial charge in [0.1, 0.15) is 17.4 Å². The Morgan fingerprint density at radius 3 is 2.36 bits per heavy atom. The van der Waals surface area contributed by atoms with Gasteiger partial charge < -0.3 is 20.2 Å². The maximum absolute atomic E-state index is 14.0. The molecule has 5 nitrogen and oxygen atoms in total. The number of halogens is 2. The normalized spacial score (nSPS) is 22.3. The van der Waals surface area contributed by atoms with E-state index in [-0.39, 0.29) is 23.3 Å². The second-order valence-corrected chi connectivity index (χ2v) is 7.24. The molecule has 2 unspecified atom stereocenters. The summed E-state index contributed by atoms with van der Waals surface area (Å²) in [4.78, 5) is 8.65. The van der Waals surface area contributed by atoms with Gasteiger partial charge in [-0.3, -0.25) is 4.99 Å². The number of phenols is 1. The lowest BCUT2D eigenvalue weighted by Crippen LogP contribution is -2.53. The van der Waals surface area contributed by atoms with Gasteiger partial charge in [0.05, 0.1) is 5.69 Å². The number of anilines is 1. The molecule has 7 heteroatoms. The molecule has 1 aliphatic heterocycles. The maximum atomic E-state index is 14.0. The lowest BCUT2D eigenvalue weighted by molar-refractivity contribution is 0.369. The number of phenolic OH excluding ortho intramolecular Hbond substituents is 1. The standard InChI is InChI=1S/C21H24F2N4O/c1-24-21(25-17-13-14(17)20-15(22)5-4-6-16(20)23)27-11-9-26(10-12-27)18-7-2-3-8-19(18)28/h2-8,14,17,28H,9-13H2,1H3,(H,24,25). The highest BCUT2D eigenvalue weighted by Crippen LogP contribution is 2.43. The third kappa shape index (κ3) is 3.61. The fraction of sp³-hybridized carbons (Fsp3) is 0.381. The van der Waals surface area contributed by atoms with Crippen molar-refractivity contribution < 1.29 is 13.9 Å². The first-order valence-corrected chi connectivity index (χ1v) is 9.53. The van der Waals surface area contributed by atoms with Crippen LogP contribution >= 0.6 is 0 Å². The van der Waals surface area contributed by atoms with Crippen molar-refractivity contribution >= 4 is 11.6 Å². The van der Waals surface area contributed by atoms with Gasteiger partial charge in [-0.1, -0.05) is 18.2 Å². The van der Waals surface area contributed by atoms with Gasteiger partial charge in [0, 0.05) is 50.7 Å². The molecule has 0 spiro atoms. The summed E-state index contributed by atoms with van der Waals surface area (Å²) < 4.78 is 28.0. The topological polar surface area (TPSA) is 51.1 Å². The predicted octanol–water partition coefficient (Wildman–Crippen LogP) is 2.92. The highest BCUT2D eigenvalue weighted by molar-refractivity contribution is 5.81. The Labute approximate surface area is 163 Å². The molecule has 2 fully saturated rings. The minimum atomic E-state index is -0.486. The summed E-state index contributed by atoms with van der Waals surface area (Å²) >= 11 is 0. The average molecular weight is 386 g/mol. The number of nitrogens with one attached hydrogen (secondary N) is 1. The van der Waals surface area contributed by atoms with Crippen LogP contribution in [0.2, 0.25) is 0 Å². The van der Waals surface area contributed by atoms with Crippen molar-refractivity contribution in [3.05, 3.63) is 59.7 Å². The van der Waals surface area contributed by atoms with Gasteiger partial charge in [0.15, 0.2) is 5.96 Å². The summed E-state index contributed by atoms with van der Waals surface area (Å²) in [5.74, 6) is -0.103. The summed E-state index contributed by atoms with van der Waals surface area (Å²) in [5, 5.41) is 13.4. The van der Waals surface area contributed by atoms with Crippen molar-refractivity contribution in [2.24, 2.45) is 4.99 Å². The summed E-state index contributed by atoms with van der Waals surface area (Å²) in [6, 6.07) is 11.3. The van der Waals surface area contributed by atoms with E-state index in [9.17, 15) is 13.9 Å². The van der Waals surface area contributed by atoms with Gasteiger partial charge in [-0.25, -0.2) is 8.78 Å². The van der Waals surface area contributed by atoms with E-state index in [2.05, 4.69) is 20.1 Å². The average Bonchev–Trinajstić information content (AvgIpc) is 3.45. The molecule has 2 atom stereocenters. The number of guanidine groups is 1. The first-order chi connectivity index (χ1) is 13.6. The number of aliphatic imine (C=N–C) groups is 1. The second kappa shape index (κ2) is 7.66. The molecule has 2 N–H and O–H groups in total. The van der Waals surface area contributed by atoms with Crippen LogP contribution in [0.15, 0.2) is 47.5 Å². The van der Waals surface area contributed by atoms with Crippen molar-refractivity contribution in [1.82, 2.24) is 10.2 Å². The number of piperazine rings is 1. The molecule has 1 heterocycles. The summed E-state index contributed by atoms with van der Waals surface area (Å²) in [5.41, 5.74) is 1.00. The van der Waals surface area contributed by atoms with Crippen LogP contribution < -0.4 is 10.2 Å². The van der Waals surface area contributed by atoms with Crippen molar-refractivity contribution in [2.75, 3.05) is 38.1 Å². The Hall–Kier alpha value is -2.83. The van der Waals surface area contributed by atoms with Crippen LogP contribution in [0.25, 0.3) is 0 Å². The van der Waals surface area contributed by atoms with Crippen molar-refractivity contribution in [3.8, 4) is 5.75 Å². The summed E-state index contributed by atoms with van der Waals surface area (Å²) in [7, 11) is 1.72. The minimum Gasteiger partial charge on any atom is -0.506 e. The van der Waals surface area contributed by atoms with E-state index in [1.54, 1.807) is 13.1 Å². The highest BCUT2D eigenvalue weighted by atomic mass is 19.1. The van der Waals surface area contributed by atoms with E-state index in [4.69, 9.17) is 0 Å². The van der Waals surface area contributed by atoms with E-state index >= 15 is 0 Å². The number of nitrogens with zero attached hydrogens (tertiary/aromatic N) is 3. The molecule has 1 saturated heterocycles. The Kier molecular flexibility index (Phi) is 5.07. The second-order valence-electron chi connectivity index (χ2n) is 7.24. The monoisotopic (exact) mass is 386 g/mol. The first-order valence-electron chi connectivity index (χ1n) is 9.53. The van der Waals surface area contributed by atoms with Gasteiger partial charge in [0.25, 0.3) is 0 Å². The van der Waals surface area contributed by atoms with Crippen LogP contribution in [0.5, 0.6) is 5.75 Å². The number of hydrogen-bond acceptors (Lipinski definition) is 3. The van der Waals surface area contributed by atoms with E-state index in [0.29, 0.717) is 6.42 Å². The number of benzene rings is 2. The van der Waals surface area contributed by atoms with Crippen molar-refractivity contribution in [2.45, 2.75) is 18.4 Å². The van der Waals surface area contributed by atoms with Crippen LogP contribution in [-0.2, 0) is 0 Å². The molecule has 4 rings (SSSR count). The smallest absolute Gasteiger partial charge is 0.194 e. The fourth-order valence-electron chi connectivity index (χ4n) is 3.89. The molecular weight excluding hydrogens is 362 g/mol. The molecule has 0 radical (unpaired) electrons.